The highest BCUT2D eigenvalue weighted by molar-refractivity contribution is 7.16. The largest absolute Gasteiger partial charge is 0.468 e. The van der Waals surface area contributed by atoms with Gasteiger partial charge in [-0.25, -0.2) is 0 Å². The highest BCUT2D eigenvalue weighted by Gasteiger charge is 2.14. The molecule has 0 fully saturated rings. The van der Waals surface area contributed by atoms with E-state index in [-0.39, 0.29) is 13.3 Å². The van der Waals surface area contributed by atoms with E-state index < -0.39 is 11.9 Å². The number of hydrogen-bond acceptors (Lipinski definition) is 6. The lowest BCUT2D eigenvalue weighted by molar-refractivity contribution is -0.141. The van der Waals surface area contributed by atoms with Gasteiger partial charge in [0.05, 0.1) is 17.3 Å². The average Bonchev–Trinajstić information content (AvgIpc) is 3.31. The van der Waals surface area contributed by atoms with Crippen LogP contribution in [0.3, 0.4) is 0 Å². The van der Waals surface area contributed by atoms with E-state index in [4.69, 9.17) is 14.2 Å². The summed E-state index contributed by atoms with van der Waals surface area (Å²) in [6, 6.07) is 9.47. The maximum atomic E-state index is 12.5. The van der Waals surface area contributed by atoms with Gasteiger partial charge in [0.2, 0.25) is 6.79 Å². The van der Waals surface area contributed by atoms with Crippen molar-refractivity contribution in [1.82, 2.24) is 4.57 Å². The summed E-state index contributed by atoms with van der Waals surface area (Å²) in [4.78, 5) is 29.1. The van der Waals surface area contributed by atoms with Gasteiger partial charge >= 0.3 is 5.97 Å². The molecule has 3 aromatic rings. The van der Waals surface area contributed by atoms with Crippen molar-refractivity contribution in [2.24, 2.45) is 4.99 Å². The van der Waals surface area contributed by atoms with Gasteiger partial charge in [0.25, 0.3) is 5.91 Å². The van der Waals surface area contributed by atoms with Crippen molar-refractivity contribution >= 4 is 39.5 Å². The summed E-state index contributed by atoms with van der Waals surface area (Å²) in [6.45, 7) is 4.17. The Kier molecular flexibility index (Phi) is 5.41. The van der Waals surface area contributed by atoms with E-state index in [1.165, 1.54) is 24.5 Å². The molecule has 7 nitrogen and oxygen atoms in total. The number of esters is 1. The summed E-state index contributed by atoms with van der Waals surface area (Å²) in [5.41, 5.74) is 3.79. The van der Waals surface area contributed by atoms with Crippen molar-refractivity contribution in [3.63, 3.8) is 0 Å². The zero-order valence-electron chi connectivity index (χ0n) is 16.8. The lowest BCUT2D eigenvalue weighted by Gasteiger charge is -2.05. The third kappa shape index (κ3) is 3.99. The summed E-state index contributed by atoms with van der Waals surface area (Å²) in [7, 11) is 1.34. The van der Waals surface area contributed by atoms with Crippen molar-refractivity contribution in [3.05, 3.63) is 57.9 Å². The third-order valence-corrected chi connectivity index (χ3v) is 5.88. The zero-order valence-corrected chi connectivity index (χ0v) is 17.6. The summed E-state index contributed by atoms with van der Waals surface area (Å²) in [5.74, 6) is 0.502. The third-order valence-electron chi connectivity index (χ3n) is 4.65. The quantitative estimate of drug-likeness (QED) is 0.474. The minimum atomic E-state index is -0.424. The maximum Gasteiger partial charge on any atom is 0.325 e. The molecule has 30 heavy (non-hydrogen) atoms. The number of fused-ring (bicyclic) bond motifs is 2. The zero-order chi connectivity index (χ0) is 21.3. The number of carbonyl (C=O) groups excluding carboxylic acids is 2. The Bertz CT molecular complexity index is 1250. The Labute approximate surface area is 176 Å². The normalized spacial score (nSPS) is 13.4. The highest BCUT2D eigenvalue weighted by Crippen LogP contribution is 2.32. The topological polar surface area (TPSA) is 79.1 Å². The standard InChI is InChI=1S/C22H20N2O5S/c1-13-8-14(2)21-16(9-13)24(11-20(26)27-3)22(30-21)23-19(25)7-5-15-4-6-17-18(10-15)29-12-28-17/h4-10H,11-12H2,1-3H3. The second kappa shape index (κ2) is 8.16. The first kappa shape index (κ1) is 19.9. The molecule has 2 heterocycles. The Morgan fingerprint density at radius 3 is 2.80 bits per heavy atom. The van der Waals surface area contributed by atoms with Gasteiger partial charge in [-0.2, -0.15) is 4.99 Å². The van der Waals surface area contributed by atoms with Gasteiger partial charge in [-0.3, -0.25) is 9.59 Å². The van der Waals surface area contributed by atoms with E-state index in [0.29, 0.717) is 16.3 Å². The predicted molar refractivity (Wildman–Crippen MR) is 113 cm³/mol. The number of aryl methyl sites for hydroxylation is 2. The smallest absolute Gasteiger partial charge is 0.325 e. The Balaban J connectivity index is 1.70. The number of nitrogens with zero attached hydrogens (tertiary/aromatic N) is 2. The van der Waals surface area contributed by atoms with Crippen LogP contribution in [0.25, 0.3) is 16.3 Å². The molecule has 1 aliphatic rings. The van der Waals surface area contributed by atoms with Crippen molar-refractivity contribution in [2.45, 2.75) is 20.4 Å². The molecule has 0 unspecified atom stereocenters. The van der Waals surface area contributed by atoms with E-state index in [9.17, 15) is 9.59 Å². The highest BCUT2D eigenvalue weighted by atomic mass is 32.1. The second-order valence-electron chi connectivity index (χ2n) is 6.87. The SMILES string of the molecule is COC(=O)Cn1c(=NC(=O)C=Cc2ccc3c(c2)OCO3)sc2c(C)cc(C)cc21. The first-order chi connectivity index (χ1) is 14.4. The van der Waals surface area contributed by atoms with Gasteiger partial charge in [0.1, 0.15) is 6.54 Å². The molecule has 0 bridgehead atoms. The Hall–Kier alpha value is -3.39. The lowest BCUT2D eigenvalue weighted by Crippen LogP contribution is -2.22. The summed E-state index contributed by atoms with van der Waals surface area (Å²) in [6.07, 6.45) is 3.06. The van der Waals surface area contributed by atoms with Gasteiger partial charge in [-0.05, 0) is 54.8 Å². The van der Waals surface area contributed by atoms with Crippen LogP contribution in [0.2, 0.25) is 0 Å². The number of benzene rings is 2. The molecule has 0 N–H and O–H groups in total. The van der Waals surface area contributed by atoms with Crippen LogP contribution in [0, 0.1) is 13.8 Å². The molecule has 154 valence electrons. The van der Waals surface area contributed by atoms with Crippen LogP contribution >= 0.6 is 11.3 Å². The molecule has 8 heteroatoms. The van der Waals surface area contributed by atoms with Crippen molar-refractivity contribution in [2.75, 3.05) is 13.9 Å². The fourth-order valence-corrected chi connectivity index (χ4v) is 4.34. The van der Waals surface area contributed by atoms with Crippen molar-refractivity contribution < 1.29 is 23.8 Å². The molecular weight excluding hydrogens is 404 g/mol. The van der Waals surface area contributed by atoms with Gasteiger partial charge < -0.3 is 18.8 Å². The average molecular weight is 424 g/mol. The number of thiazole rings is 1. The van der Waals surface area contributed by atoms with Crippen LogP contribution in [0.1, 0.15) is 16.7 Å². The molecule has 0 saturated carbocycles. The molecule has 2 aromatic carbocycles. The second-order valence-corrected chi connectivity index (χ2v) is 7.85. The van der Waals surface area contributed by atoms with Crippen molar-refractivity contribution in [1.29, 1.82) is 0 Å². The van der Waals surface area contributed by atoms with Crippen LogP contribution in [0.5, 0.6) is 11.5 Å². The Morgan fingerprint density at radius 1 is 1.20 bits per heavy atom. The number of amides is 1. The summed E-state index contributed by atoms with van der Waals surface area (Å²) >= 11 is 1.38. The van der Waals surface area contributed by atoms with Gasteiger partial charge in [-0.15, -0.1) is 0 Å². The van der Waals surface area contributed by atoms with E-state index in [0.717, 1.165) is 26.9 Å². The lowest BCUT2D eigenvalue weighted by atomic mass is 10.1. The van der Waals surface area contributed by atoms with Crippen LogP contribution < -0.4 is 14.3 Å². The van der Waals surface area contributed by atoms with Gasteiger partial charge in [0, 0.05) is 6.08 Å². The number of methoxy groups -OCH3 is 1. The number of carbonyl (C=O) groups is 2. The van der Waals surface area contributed by atoms with E-state index in [1.807, 2.05) is 26.0 Å². The molecule has 0 spiro atoms. The molecule has 4 rings (SSSR count). The van der Waals surface area contributed by atoms with E-state index >= 15 is 0 Å². The first-order valence-corrected chi connectivity index (χ1v) is 10.1. The molecule has 0 radical (unpaired) electrons. The predicted octanol–water partition coefficient (Wildman–Crippen LogP) is 3.36. The molecule has 1 aliphatic heterocycles. The molecular formula is C22H20N2O5S. The minimum Gasteiger partial charge on any atom is -0.468 e. The number of hydrogen-bond donors (Lipinski definition) is 0. The number of rotatable bonds is 4. The molecule has 0 saturated heterocycles. The van der Waals surface area contributed by atoms with Crippen molar-refractivity contribution in [3.8, 4) is 11.5 Å². The van der Waals surface area contributed by atoms with E-state index in [2.05, 4.69) is 11.1 Å². The van der Waals surface area contributed by atoms with Gasteiger partial charge in [0.15, 0.2) is 16.3 Å². The maximum absolute atomic E-state index is 12.5. The minimum absolute atomic E-state index is 0.0165. The van der Waals surface area contributed by atoms with E-state index in [1.54, 1.807) is 22.8 Å². The first-order valence-electron chi connectivity index (χ1n) is 9.28. The van der Waals surface area contributed by atoms with Crippen LogP contribution in [0.4, 0.5) is 0 Å². The molecule has 1 amide bonds. The Morgan fingerprint density at radius 2 is 2.00 bits per heavy atom. The van der Waals surface area contributed by atoms with Crippen LogP contribution in [0.15, 0.2) is 41.4 Å². The fraction of sp³-hybridized carbons (Fsp3) is 0.227. The fourth-order valence-electron chi connectivity index (χ4n) is 3.26. The van der Waals surface area contributed by atoms with Gasteiger partial charge in [-0.1, -0.05) is 23.5 Å². The summed E-state index contributed by atoms with van der Waals surface area (Å²) < 4.78 is 18.2. The number of aromatic nitrogens is 1. The molecule has 0 atom stereocenters. The van der Waals surface area contributed by atoms with Crippen LogP contribution in [-0.4, -0.2) is 30.3 Å². The monoisotopic (exact) mass is 424 g/mol. The number of ether oxygens (including phenoxy) is 3. The molecule has 1 aromatic heterocycles. The molecule has 0 aliphatic carbocycles. The summed E-state index contributed by atoms with van der Waals surface area (Å²) in [5, 5.41) is 0. The van der Waals surface area contributed by atoms with Crippen LogP contribution in [-0.2, 0) is 20.9 Å².